The molecule has 0 aliphatic rings. The first-order chi connectivity index (χ1) is 16.9. The predicted octanol–water partition coefficient (Wildman–Crippen LogP) is 6.05. The number of ketones is 1. The monoisotopic (exact) mass is 466 g/mol. The van der Waals surface area contributed by atoms with E-state index in [2.05, 4.69) is 10.6 Å². The van der Waals surface area contributed by atoms with Gasteiger partial charge in [-0.25, -0.2) is 4.39 Å². The van der Waals surface area contributed by atoms with E-state index in [1.165, 1.54) is 24.3 Å². The summed E-state index contributed by atoms with van der Waals surface area (Å²) < 4.78 is 13.1. The second kappa shape index (κ2) is 10.6. The minimum atomic E-state index is -0.577. The Kier molecular flexibility index (Phi) is 7.12. The van der Waals surface area contributed by atoms with Gasteiger partial charge in [-0.2, -0.15) is 0 Å². The van der Waals surface area contributed by atoms with Gasteiger partial charge in [-0.1, -0.05) is 60.7 Å². The smallest absolute Gasteiger partial charge is 0.257 e. The zero-order valence-corrected chi connectivity index (χ0v) is 19.0. The molecule has 0 aliphatic heterocycles. The quantitative estimate of drug-likeness (QED) is 0.326. The van der Waals surface area contributed by atoms with Gasteiger partial charge in [-0.3, -0.25) is 14.4 Å². The van der Waals surface area contributed by atoms with Crippen molar-refractivity contribution in [3.63, 3.8) is 0 Å². The Morgan fingerprint density at radius 1 is 0.714 bits per heavy atom. The van der Waals surface area contributed by atoms with E-state index in [4.69, 9.17) is 0 Å². The molecule has 1 atom stereocenters. The number of benzene rings is 4. The van der Waals surface area contributed by atoms with Crippen molar-refractivity contribution >= 4 is 29.0 Å². The van der Waals surface area contributed by atoms with Gasteiger partial charge in [0.1, 0.15) is 5.82 Å². The van der Waals surface area contributed by atoms with Crippen LogP contribution in [-0.4, -0.2) is 17.6 Å². The molecule has 0 radical (unpaired) electrons. The lowest BCUT2D eigenvalue weighted by atomic mass is 9.95. The van der Waals surface area contributed by atoms with Crippen LogP contribution in [0.3, 0.4) is 0 Å². The summed E-state index contributed by atoms with van der Waals surface area (Å²) in [6.07, 6.45) is 0. The van der Waals surface area contributed by atoms with Gasteiger partial charge in [-0.15, -0.1) is 0 Å². The Labute approximate surface area is 202 Å². The highest BCUT2D eigenvalue weighted by atomic mass is 19.1. The molecule has 0 aromatic heterocycles. The number of anilines is 2. The number of hydrogen-bond acceptors (Lipinski definition) is 3. The van der Waals surface area contributed by atoms with E-state index in [9.17, 15) is 18.8 Å². The number of amides is 2. The zero-order valence-electron chi connectivity index (χ0n) is 19.0. The summed E-state index contributed by atoms with van der Waals surface area (Å²) in [6, 6.07) is 28.0. The van der Waals surface area contributed by atoms with Gasteiger partial charge in [0.2, 0.25) is 5.91 Å². The van der Waals surface area contributed by atoms with Crippen LogP contribution in [0.25, 0.3) is 0 Å². The van der Waals surface area contributed by atoms with E-state index in [0.717, 1.165) is 0 Å². The maximum absolute atomic E-state index is 13.1. The summed E-state index contributed by atoms with van der Waals surface area (Å²) >= 11 is 0. The van der Waals surface area contributed by atoms with Crippen molar-refractivity contribution in [2.75, 3.05) is 10.6 Å². The molecule has 4 aromatic carbocycles. The fourth-order valence-corrected chi connectivity index (χ4v) is 3.62. The number of rotatable bonds is 7. The van der Waals surface area contributed by atoms with Crippen LogP contribution in [-0.2, 0) is 4.79 Å². The Morgan fingerprint density at radius 2 is 1.37 bits per heavy atom. The Bertz CT molecular complexity index is 1370. The number of carbonyl (C=O) groups is 3. The molecule has 1 unspecified atom stereocenters. The van der Waals surface area contributed by atoms with Crippen LogP contribution in [0, 0.1) is 5.82 Å². The minimum absolute atomic E-state index is 0.122. The standard InChI is InChI=1S/C29H23FN2O3/c1-19(21-10-7-11-22(18-21)27(33)20-8-3-2-4-9-20)28(34)32-26-13-6-5-12-25(26)29(35)31-24-16-14-23(30)15-17-24/h2-19H,1H3,(H,31,35)(H,32,34). The molecule has 2 N–H and O–H groups in total. The van der Waals surface area contributed by atoms with Crippen LogP contribution in [0.1, 0.15) is 44.7 Å². The topological polar surface area (TPSA) is 75.3 Å². The van der Waals surface area contributed by atoms with E-state index in [-0.39, 0.29) is 17.3 Å². The van der Waals surface area contributed by atoms with Gasteiger partial charge >= 0.3 is 0 Å². The van der Waals surface area contributed by atoms with Crippen LogP contribution >= 0.6 is 0 Å². The fourth-order valence-electron chi connectivity index (χ4n) is 3.62. The molecule has 174 valence electrons. The van der Waals surface area contributed by atoms with Crippen LogP contribution < -0.4 is 10.6 Å². The number of para-hydroxylation sites is 1. The van der Waals surface area contributed by atoms with E-state index < -0.39 is 17.6 Å². The molecular formula is C29H23FN2O3. The molecule has 6 heteroatoms. The van der Waals surface area contributed by atoms with E-state index in [1.54, 1.807) is 79.7 Å². The molecule has 4 aromatic rings. The van der Waals surface area contributed by atoms with Gasteiger partial charge < -0.3 is 10.6 Å². The summed E-state index contributed by atoms with van der Waals surface area (Å²) in [5.41, 5.74) is 2.80. The minimum Gasteiger partial charge on any atom is -0.325 e. The van der Waals surface area contributed by atoms with Crippen LogP contribution in [0.2, 0.25) is 0 Å². The molecule has 0 saturated carbocycles. The molecule has 35 heavy (non-hydrogen) atoms. The summed E-state index contributed by atoms with van der Waals surface area (Å²) in [5, 5.41) is 5.52. The summed E-state index contributed by atoms with van der Waals surface area (Å²) in [5.74, 6) is -1.86. The van der Waals surface area contributed by atoms with Gasteiger partial charge in [0.05, 0.1) is 17.2 Å². The van der Waals surface area contributed by atoms with Crippen LogP contribution in [0.15, 0.2) is 103 Å². The predicted molar refractivity (Wildman–Crippen MR) is 134 cm³/mol. The summed E-state index contributed by atoms with van der Waals surface area (Å²) in [6.45, 7) is 1.74. The largest absolute Gasteiger partial charge is 0.325 e. The van der Waals surface area contributed by atoms with Crippen LogP contribution in [0.5, 0.6) is 0 Å². The van der Waals surface area contributed by atoms with Gasteiger partial charge in [0.25, 0.3) is 5.91 Å². The van der Waals surface area contributed by atoms with Crippen molar-refractivity contribution in [2.24, 2.45) is 0 Å². The highest BCUT2D eigenvalue weighted by Crippen LogP contribution is 2.23. The Hall–Kier alpha value is -4.58. The van der Waals surface area contributed by atoms with Crippen molar-refractivity contribution in [2.45, 2.75) is 12.8 Å². The van der Waals surface area contributed by atoms with Crippen molar-refractivity contribution in [3.8, 4) is 0 Å². The number of nitrogens with one attached hydrogen (secondary N) is 2. The maximum atomic E-state index is 13.1. The van der Waals surface area contributed by atoms with Crippen molar-refractivity contribution in [3.05, 3.63) is 131 Å². The number of carbonyl (C=O) groups excluding carboxylic acids is 3. The van der Waals surface area contributed by atoms with Crippen molar-refractivity contribution in [1.82, 2.24) is 0 Å². The molecule has 0 spiro atoms. The second-order valence-corrected chi connectivity index (χ2v) is 8.04. The Morgan fingerprint density at radius 3 is 2.11 bits per heavy atom. The molecule has 0 aliphatic carbocycles. The lowest BCUT2D eigenvalue weighted by molar-refractivity contribution is -0.117. The van der Waals surface area contributed by atoms with E-state index in [1.807, 2.05) is 6.07 Å². The zero-order chi connectivity index (χ0) is 24.8. The number of hydrogen-bond donors (Lipinski definition) is 2. The highest BCUT2D eigenvalue weighted by Gasteiger charge is 2.20. The third-order valence-corrected chi connectivity index (χ3v) is 5.61. The molecule has 5 nitrogen and oxygen atoms in total. The summed E-state index contributed by atoms with van der Waals surface area (Å²) in [7, 11) is 0. The molecule has 0 fully saturated rings. The van der Waals surface area contributed by atoms with Gasteiger partial charge in [-0.05, 0) is 55.0 Å². The Balaban J connectivity index is 1.50. The second-order valence-electron chi connectivity index (χ2n) is 8.04. The third-order valence-electron chi connectivity index (χ3n) is 5.61. The third kappa shape index (κ3) is 5.68. The average molecular weight is 467 g/mol. The lowest BCUT2D eigenvalue weighted by Crippen LogP contribution is -2.22. The van der Waals surface area contributed by atoms with Crippen LogP contribution in [0.4, 0.5) is 15.8 Å². The first-order valence-corrected chi connectivity index (χ1v) is 11.1. The molecule has 0 bridgehead atoms. The van der Waals surface area contributed by atoms with Gasteiger partial charge in [0.15, 0.2) is 5.78 Å². The lowest BCUT2D eigenvalue weighted by Gasteiger charge is -2.16. The van der Waals surface area contributed by atoms with Gasteiger partial charge in [0, 0.05) is 16.8 Å². The molecule has 0 saturated heterocycles. The molecule has 0 heterocycles. The maximum Gasteiger partial charge on any atom is 0.257 e. The summed E-state index contributed by atoms with van der Waals surface area (Å²) in [4.78, 5) is 38.7. The molecular weight excluding hydrogens is 443 g/mol. The first kappa shape index (κ1) is 23.6. The normalized spacial score (nSPS) is 11.4. The number of halogens is 1. The fraction of sp³-hybridized carbons (Fsp3) is 0.0690. The highest BCUT2D eigenvalue weighted by molar-refractivity contribution is 6.11. The first-order valence-electron chi connectivity index (χ1n) is 11.1. The van der Waals surface area contributed by atoms with E-state index >= 15 is 0 Å². The van der Waals surface area contributed by atoms with E-state index in [0.29, 0.717) is 28.1 Å². The molecule has 2 amide bonds. The average Bonchev–Trinajstić information content (AvgIpc) is 2.90. The van der Waals surface area contributed by atoms with Crippen molar-refractivity contribution in [1.29, 1.82) is 0 Å². The SMILES string of the molecule is CC(C(=O)Nc1ccccc1C(=O)Nc1ccc(F)cc1)c1cccc(C(=O)c2ccccc2)c1. The van der Waals surface area contributed by atoms with Crippen molar-refractivity contribution < 1.29 is 18.8 Å². The molecule has 4 rings (SSSR count).